The summed E-state index contributed by atoms with van der Waals surface area (Å²) >= 11 is 0. The zero-order chi connectivity index (χ0) is 45.1. The first-order chi connectivity index (χ1) is 29.0. The molecule has 4 unspecified atom stereocenters. The van der Waals surface area contributed by atoms with E-state index in [2.05, 4.69) is 9.80 Å². The molecule has 0 saturated carbocycles. The fourth-order valence-corrected chi connectivity index (χ4v) is 7.75. The van der Waals surface area contributed by atoms with E-state index in [-0.39, 0.29) is 44.6 Å². The van der Waals surface area contributed by atoms with E-state index in [1.165, 1.54) is 48.5 Å². The summed E-state index contributed by atoms with van der Waals surface area (Å²) in [6.07, 6.45) is -17.7. The van der Waals surface area contributed by atoms with E-state index in [9.17, 15) is 52.7 Å². The fraction of sp³-hybridized carbons (Fsp3) is 0.250. The molecule has 6 aromatic carbocycles. The number of hydrogen-bond acceptors (Lipinski definition) is 2. The molecule has 0 amide bonds. The Bertz CT molecular complexity index is 2180. The van der Waals surface area contributed by atoms with Crippen molar-refractivity contribution in [2.45, 2.75) is 76.6 Å². The number of hydrogen-bond donors (Lipinski definition) is 0. The summed E-state index contributed by atoms with van der Waals surface area (Å²) in [6, 6.07) is 31.4. The molecule has 6 aromatic rings. The average molecular weight is 977 g/mol. The molecule has 2 aliphatic heterocycles. The van der Waals surface area contributed by atoms with Gasteiger partial charge in [-0.2, -0.15) is 52.7 Å². The summed E-state index contributed by atoms with van der Waals surface area (Å²) in [5, 5.41) is 0. The smallest absolute Gasteiger partial charge is 0.361 e. The molecular weight excluding hydrogens is 939 g/mol. The van der Waals surface area contributed by atoms with Gasteiger partial charge < -0.3 is 9.80 Å². The molecule has 0 bridgehead atoms. The molecule has 0 aliphatic carbocycles. The van der Waals surface area contributed by atoms with E-state index < -0.39 is 47.0 Å². The number of nitrogens with zero attached hydrogens (tertiary/aromatic N) is 2. The van der Waals surface area contributed by atoms with Crippen molar-refractivity contribution < 1.29 is 73.1 Å². The molecule has 2 saturated heterocycles. The van der Waals surface area contributed by atoms with Crippen molar-refractivity contribution in [3.63, 3.8) is 0 Å². The second-order valence-corrected chi connectivity index (χ2v) is 15.5. The van der Waals surface area contributed by atoms with Crippen LogP contribution < -0.4 is 9.80 Å². The molecule has 0 spiro atoms. The summed E-state index contributed by atoms with van der Waals surface area (Å²) in [7, 11) is 0. The third kappa shape index (κ3) is 9.95. The van der Waals surface area contributed by atoms with Crippen molar-refractivity contribution in [2.24, 2.45) is 0 Å². The molecule has 2 aliphatic rings. The quantitative estimate of drug-likeness (QED) is 0.0932. The number of benzene rings is 6. The summed E-state index contributed by atoms with van der Waals surface area (Å²) < 4.78 is 155. The molecule has 0 radical (unpaired) electrons. The van der Waals surface area contributed by atoms with E-state index >= 15 is 0 Å². The summed E-state index contributed by atoms with van der Waals surface area (Å²) in [5.74, 6) is 0. The van der Waals surface area contributed by atoms with Gasteiger partial charge in [0.2, 0.25) is 0 Å². The van der Waals surface area contributed by atoms with E-state index in [0.717, 1.165) is 82.2 Å². The van der Waals surface area contributed by atoms with Crippen molar-refractivity contribution in [1.82, 2.24) is 0 Å². The van der Waals surface area contributed by atoms with Gasteiger partial charge in [0.15, 0.2) is 0 Å². The van der Waals surface area contributed by atoms with Gasteiger partial charge in [0.25, 0.3) is 0 Å². The van der Waals surface area contributed by atoms with Crippen molar-refractivity contribution >= 4 is 11.4 Å². The Balaban J connectivity index is 0.000000206. The second-order valence-electron chi connectivity index (χ2n) is 15.5. The van der Waals surface area contributed by atoms with Gasteiger partial charge in [0.1, 0.15) is 0 Å². The zero-order valence-electron chi connectivity index (χ0n) is 33.8. The van der Waals surface area contributed by atoms with Gasteiger partial charge >= 0.3 is 24.7 Å². The fourth-order valence-electron chi connectivity index (χ4n) is 7.75. The van der Waals surface area contributed by atoms with Crippen LogP contribution in [0.4, 0.5) is 64.1 Å². The first kappa shape index (κ1) is 47.2. The predicted molar refractivity (Wildman–Crippen MR) is 217 cm³/mol. The number of rotatable bonds is 6. The maximum absolute atomic E-state index is 13.0. The molecule has 4 atom stereocenters. The van der Waals surface area contributed by atoms with Crippen LogP contribution in [0.25, 0.3) is 44.5 Å². The largest absolute Gasteiger partial charge is 0.416 e. The number of halogens is 12. The molecular formula is C48H38F12N2Pd. The molecule has 8 rings (SSSR count). The predicted octanol–water partition coefficient (Wildman–Crippen LogP) is 15.3. The Morgan fingerprint density at radius 2 is 0.476 bits per heavy atom. The Morgan fingerprint density at radius 3 is 0.619 bits per heavy atom. The van der Waals surface area contributed by atoms with Crippen molar-refractivity contribution in [1.29, 1.82) is 0 Å². The molecule has 0 aromatic heterocycles. The molecule has 63 heavy (non-hydrogen) atoms. The monoisotopic (exact) mass is 976 g/mol. The van der Waals surface area contributed by atoms with Gasteiger partial charge in [0, 0.05) is 66.8 Å². The number of para-hydroxylation sites is 2. The molecule has 0 N–H and O–H groups in total. The number of alkyl halides is 12. The van der Waals surface area contributed by atoms with Crippen LogP contribution in [0.3, 0.4) is 0 Å². The molecule has 2 heterocycles. The first-order valence-electron chi connectivity index (χ1n) is 19.5. The maximum atomic E-state index is 13.0. The van der Waals surface area contributed by atoms with Gasteiger partial charge in [-0.05, 0) is 98.5 Å². The zero-order valence-corrected chi connectivity index (χ0v) is 35.3. The van der Waals surface area contributed by atoms with Gasteiger partial charge in [-0.15, -0.1) is 0 Å². The second kappa shape index (κ2) is 17.4. The minimum atomic E-state index is -4.42. The molecule has 15 heteroatoms. The number of anilines is 2. The van der Waals surface area contributed by atoms with Crippen LogP contribution in [0.15, 0.2) is 133 Å². The van der Waals surface area contributed by atoms with E-state index in [4.69, 9.17) is 0 Å². The summed E-state index contributed by atoms with van der Waals surface area (Å²) in [4.78, 5) is 4.25. The van der Waals surface area contributed by atoms with Crippen LogP contribution in [0.5, 0.6) is 0 Å². The Kier molecular flexibility index (Phi) is 13.0. The normalized spacial score (nSPS) is 18.6. The van der Waals surface area contributed by atoms with Crippen molar-refractivity contribution in [3.8, 4) is 44.5 Å². The van der Waals surface area contributed by atoms with Crippen LogP contribution in [0.1, 0.15) is 49.9 Å². The van der Waals surface area contributed by atoms with E-state index in [1.54, 1.807) is 12.1 Å². The summed E-state index contributed by atoms with van der Waals surface area (Å²) in [5.41, 5.74) is 4.10. The third-order valence-corrected chi connectivity index (χ3v) is 11.7. The van der Waals surface area contributed by atoms with Gasteiger partial charge in [-0.25, -0.2) is 0 Å². The van der Waals surface area contributed by atoms with Crippen molar-refractivity contribution in [3.05, 3.63) is 156 Å². The minimum Gasteiger partial charge on any atom is -0.361 e. The maximum Gasteiger partial charge on any atom is 0.416 e. The van der Waals surface area contributed by atoms with Crippen LogP contribution in [0, 0.1) is 0 Å². The van der Waals surface area contributed by atoms with Crippen LogP contribution in [0.2, 0.25) is 0 Å². The topological polar surface area (TPSA) is 6.02 Å². The van der Waals surface area contributed by atoms with E-state index in [1.807, 2.05) is 52.0 Å². The summed E-state index contributed by atoms with van der Waals surface area (Å²) in [6.45, 7) is 8.13. The van der Waals surface area contributed by atoms with Crippen LogP contribution in [-0.4, -0.2) is 24.2 Å². The van der Waals surface area contributed by atoms with Gasteiger partial charge in [0.05, 0.1) is 33.6 Å². The Morgan fingerprint density at radius 1 is 0.302 bits per heavy atom. The Labute approximate surface area is 369 Å². The molecule has 2 nitrogen and oxygen atoms in total. The third-order valence-electron chi connectivity index (χ3n) is 11.7. The van der Waals surface area contributed by atoms with E-state index in [0.29, 0.717) is 22.3 Å². The minimum absolute atomic E-state index is 0. The Hall–Kier alpha value is -5.26. The standard InChI is InChI=1S/2C24H19F6N.Pd/c2*1-14-15(2)31(14)22-20(16-6-10-18(11-7-16)23(25,26)27)4-3-5-21(22)17-8-12-19(13-9-17)24(28,29)30;/h2*3-15H,1-2H3;. The molecule has 334 valence electrons. The van der Waals surface area contributed by atoms with Gasteiger partial charge in [-0.1, -0.05) is 84.9 Å². The van der Waals surface area contributed by atoms with Crippen LogP contribution in [-0.2, 0) is 45.1 Å². The SMILES string of the molecule is CC1C(C)N1c1c(-c2ccc(C(F)(F)F)cc2)cccc1-c1ccc(C(F)(F)F)cc1.CC1C(C)N1c1c(-c2ccc(C(F)(F)F)cc2)cccc1-c1ccc(C(F)(F)F)cc1.[Pd]. The average Bonchev–Trinajstić information content (AvgIpc) is 4.05. The first-order valence-corrected chi connectivity index (χ1v) is 19.5. The van der Waals surface area contributed by atoms with Gasteiger partial charge in [-0.3, -0.25) is 0 Å². The molecule has 2 fully saturated rings. The van der Waals surface area contributed by atoms with Crippen LogP contribution >= 0.6 is 0 Å². The van der Waals surface area contributed by atoms with Crippen molar-refractivity contribution in [2.75, 3.05) is 9.80 Å².